The average molecular weight is 275 g/mol. The fourth-order valence-corrected chi connectivity index (χ4v) is 3.26. The molecule has 1 saturated carbocycles. The van der Waals surface area contributed by atoms with Crippen LogP contribution in [-0.4, -0.2) is 11.8 Å². The van der Waals surface area contributed by atoms with Crippen molar-refractivity contribution in [1.82, 2.24) is 0 Å². The Morgan fingerprint density at radius 2 is 1.80 bits per heavy atom. The van der Waals surface area contributed by atoms with Gasteiger partial charge in [0.2, 0.25) is 5.79 Å². The van der Waals surface area contributed by atoms with Crippen LogP contribution >= 0.6 is 0 Å². The van der Waals surface area contributed by atoms with Crippen molar-refractivity contribution in [2.24, 2.45) is 5.92 Å². The van der Waals surface area contributed by atoms with Gasteiger partial charge in [-0.1, -0.05) is 13.3 Å². The second kappa shape index (κ2) is 5.19. The summed E-state index contributed by atoms with van der Waals surface area (Å²) in [6.45, 7) is 6.18. The van der Waals surface area contributed by atoms with E-state index in [2.05, 4.69) is 24.4 Å². The van der Waals surface area contributed by atoms with Crippen LogP contribution in [0.5, 0.6) is 11.5 Å². The molecule has 3 heteroatoms. The average Bonchev–Trinajstić information content (AvgIpc) is 2.73. The number of rotatable bonds is 3. The standard InChI is InChI=1S/C17H25NO2/c1-4-12-5-7-13(8-6-12)18-14-9-10-15-16(11-14)20-17(2,3)19-15/h9-13,18H,4-8H2,1-3H3. The number of anilines is 1. The molecule has 0 radical (unpaired) electrons. The molecule has 1 aliphatic carbocycles. The van der Waals surface area contributed by atoms with Crippen molar-refractivity contribution in [2.75, 3.05) is 5.32 Å². The first kappa shape index (κ1) is 13.6. The van der Waals surface area contributed by atoms with Gasteiger partial charge in [-0.15, -0.1) is 0 Å². The van der Waals surface area contributed by atoms with Crippen LogP contribution in [-0.2, 0) is 0 Å². The van der Waals surface area contributed by atoms with E-state index in [0.29, 0.717) is 6.04 Å². The first-order chi connectivity index (χ1) is 9.55. The Morgan fingerprint density at radius 3 is 2.50 bits per heavy atom. The quantitative estimate of drug-likeness (QED) is 0.876. The van der Waals surface area contributed by atoms with Gasteiger partial charge < -0.3 is 14.8 Å². The Kier molecular flexibility index (Phi) is 3.53. The summed E-state index contributed by atoms with van der Waals surface area (Å²) in [6, 6.07) is 6.77. The Bertz CT molecular complexity index is 476. The van der Waals surface area contributed by atoms with Crippen LogP contribution in [0.25, 0.3) is 0 Å². The van der Waals surface area contributed by atoms with Gasteiger partial charge in [0.15, 0.2) is 11.5 Å². The number of fused-ring (bicyclic) bond motifs is 1. The van der Waals surface area contributed by atoms with Crippen LogP contribution in [0.3, 0.4) is 0 Å². The predicted octanol–water partition coefficient (Wildman–Crippen LogP) is 4.57. The first-order valence-corrected chi connectivity index (χ1v) is 7.84. The zero-order valence-corrected chi connectivity index (χ0v) is 12.7. The second-order valence-electron chi connectivity index (χ2n) is 6.54. The zero-order chi connectivity index (χ0) is 14.2. The van der Waals surface area contributed by atoms with Crippen molar-refractivity contribution >= 4 is 5.69 Å². The summed E-state index contributed by atoms with van der Waals surface area (Å²) in [5.74, 6) is 2.09. The molecule has 0 amide bonds. The summed E-state index contributed by atoms with van der Waals surface area (Å²) in [5.41, 5.74) is 1.14. The maximum Gasteiger partial charge on any atom is 0.246 e. The molecular formula is C17H25NO2. The number of hydrogen-bond acceptors (Lipinski definition) is 3. The van der Waals surface area contributed by atoms with Crippen LogP contribution in [0.2, 0.25) is 0 Å². The highest BCUT2D eigenvalue weighted by atomic mass is 16.7. The van der Waals surface area contributed by atoms with E-state index in [0.717, 1.165) is 23.1 Å². The molecule has 0 spiro atoms. The Balaban J connectivity index is 1.63. The normalized spacial score (nSPS) is 27.4. The van der Waals surface area contributed by atoms with Crippen LogP contribution in [0, 0.1) is 5.92 Å². The molecule has 20 heavy (non-hydrogen) atoms. The van der Waals surface area contributed by atoms with Gasteiger partial charge in [0.05, 0.1) is 0 Å². The van der Waals surface area contributed by atoms with E-state index in [9.17, 15) is 0 Å². The van der Waals surface area contributed by atoms with E-state index < -0.39 is 5.79 Å². The summed E-state index contributed by atoms with van der Waals surface area (Å²) in [5, 5.41) is 3.65. The molecule has 1 aromatic rings. The minimum atomic E-state index is -0.542. The molecule has 1 N–H and O–H groups in total. The van der Waals surface area contributed by atoms with Crippen LogP contribution in [0.15, 0.2) is 18.2 Å². The summed E-state index contributed by atoms with van der Waals surface area (Å²) in [4.78, 5) is 0. The van der Waals surface area contributed by atoms with Crippen molar-refractivity contribution in [1.29, 1.82) is 0 Å². The number of nitrogens with one attached hydrogen (secondary N) is 1. The topological polar surface area (TPSA) is 30.5 Å². The van der Waals surface area contributed by atoms with Gasteiger partial charge in [-0.25, -0.2) is 0 Å². The fraction of sp³-hybridized carbons (Fsp3) is 0.647. The molecule has 1 aliphatic heterocycles. The van der Waals surface area contributed by atoms with Crippen molar-refractivity contribution in [3.63, 3.8) is 0 Å². The Morgan fingerprint density at radius 1 is 1.10 bits per heavy atom. The molecule has 3 nitrogen and oxygen atoms in total. The minimum absolute atomic E-state index is 0.542. The molecule has 3 rings (SSSR count). The van der Waals surface area contributed by atoms with Gasteiger partial charge in [0.25, 0.3) is 0 Å². The van der Waals surface area contributed by atoms with Gasteiger partial charge in [-0.2, -0.15) is 0 Å². The maximum atomic E-state index is 5.80. The van der Waals surface area contributed by atoms with Gasteiger partial charge in [-0.3, -0.25) is 0 Å². The molecule has 0 saturated heterocycles. The molecule has 0 bridgehead atoms. The van der Waals surface area contributed by atoms with Gasteiger partial charge in [0.1, 0.15) is 0 Å². The minimum Gasteiger partial charge on any atom is -0.449 e. The van der Waals surface area contributed by atoms with Crippen molar-refractivity contribution < 1.29 is 9.47 Å². The zero-order valence-electron chi connectivity index (χ0n) is 12.7. The van der Waals surface area contributed by atoms with Crippen LogP contribution in [0.1, 0.15) is 52.9 Å². The predicted molar refractivity (Wildman–Crippen MR) is 81.4 cm³/mol. The number of benzene rings is 1. The van der Waals surface area contributed by atoms with Crippen molar-refractivity contribution in [3.8, 4) is 11.5 Å². The lowest BCUT2D eigenvalue weighted by molar-refractivity contribution is -0.0431. The summed E-state index contributed by atoms with van der Waals surface area (Å²) in [6.07, 6.45) is 6.58. The van der Waals surface area contributed by atoms with Crippen LogP contribution < -0.4 is 14.8 Å². The van der Waals surface area contributed by atoms with Crippen molar-refractivity contribution in [2.45, 2.75) is 64.7 Å². The van der Waals surface area contributed by atoms with Crippen molar-refractivity contribution in [3.05, 3.63) is 18.2 Å². The molecule has 0 aromatic heterocycles. The number of hydrogen-bond donors (Lipinski definition) is 1. The lowest BCUT2D eigenvalue weighted by Crippen LogP contribution is -2.29. The van der Waals surface area contributed by atoms with E-state index in [1.807, 2.05) is 19.9 Å². The number of ether oxygens (including phenoxy) is 2. The SMILES string of the molecule is CCC1CCC(Nc2ccc3c(c2)OC(C)(C)O3)CC1. The molecule has 1 heterocycles. The smallest absolute Gasteiger partial charge is 0.246 e. The largest absolute Gasteiger partial charge is 0.449 e. The molecule has 0 atom stereocenters. The van der Waals surface area contributed by atoms with E-state index in [1.165, 1.54) is 32.1 Å². The molecule has 1 fully saturated rings. The third kappa shape index (κ3) is 2.87. The van der Waals surface area contributed by atoms with E-state index in [4.69, 9.17) is 9.47 Å². The van der Waals surface area contributed by atoms with E-state index in [-0.39, 0.29) is 0 Å². The maximum absolute atomic E-state index is 5.80. The fourth-order valence-electron chi connectivity index (χ4n) is 3.26. The highest BCUT2D eigenvalue weighted by Gasteiger charge is 2.31. The Labute approximate surface area is 121 Å². The lowest BCUT2D eigenvalue weighted by Gasteiger charge is -2.29. The molecule has 2 aliphatic rings. The van der Waals surface area contributed by atoms with Gasteiger partial charge in [0, 0.05) is 31.6 Å². The highest BCUT2D eigenvalue weighted by molar-refractivity contribution is 5.56. The van der Waals surface area contributed by atoms with E-state index in [1.54, 1.807) is 0 Å². The second-order valence-corrected chi connectivity index (χ2v) is 6.54. The molecular weight excluding hydrogens is 250 g/mol. The monoisotopic (exact) mass is 275 g/mol. The Hall–Kier alpha value is -1.38. The third-order valence-electron chi connectivity index (χ3n) is 4.45. The van der Waals surface area contributed by atoms with Crippen LogP contribution in [0.4, 0.5) is 5.69 Å². The molecule has 1 aromatic carbocycles. The van der Waals surface area contributed by atoms with Gasteiger partial charge >= 0.3 is 0 Å². The lowest BCUT2D eigenvalue weighted by atomic mass is 9.84. The molecule has 0 unspecified atom stereocenters. The summed E-state index contributed by atoms with van der Waals surface area (Å²) in [7, 11) is 0. The highest BCUT2D eigenvalue weighted by Crippen LogP contribution is 2.41. The van der Waals surface area contributed by atoms with E-state index >= 15 is 0 Å². The molecule has 110 valence electrons. The summed E-state index contributed by atoms with van der Waals surface area (Å²) >= 11 is 0. The first-order valence-electron chi connectivity index (χ1n) is 7.84. The third-order valence-corrected chi connectivity index (χ3v) is 4.45. The van der Waals surface area contributed by atoms with Gasteiger partial charge in [-0.05, 0) is 43.7 Å². The summed E-state index contributed by atoms with van der Waals surface area (Å²) < 4.78 is 11.5.